The first-order valence-corrected chi connectivity index (χ1v) is 3.99. The van der Waals surface area contributed by atoms with Crippen molar-refractivity contribution in [2.24, 2.45) is 4.99 Å². The zero-order chi connectivity index (χ0) is 11.1. The maximum absolute atomic E-state index is 10.7. The summed E-state index contributed by atoms with van der Waals surface area (Å²) < 4.78 is 0. The highest BCUT2D eigenvalue weighted by atomic mass is 16.2. The van der Waals surface area contributed by atoms with Crippen LogP contribution in [0.25, 0.3) is 0 Å². The molecule has 2 amide bonds. The SMILES string of the molecule is CC(=O)N=C(NC(C)=O)N(C)CC=O. The fourth-order valence-electron chi connectivity index (χ4n) is 0.714. The van der Waals surface area contributed by atoms with E-state index in [-0.39, 0.29) is 18.4 Å². The highest BCUT2D eigenvalue weighted by Gasteiger charge is 2.08. The number of nitrogens with one attached hydrogen (secondary N) is 1. The van der Waals surface area contributed by atoms with Crippen molar-refractivity contribution < 1.29 is 14.4 Å². The Bertz CT molecular complexity index is 273. The molecule has 0 aromatic rings. The summed E-state index contributed by atoms with van der Waals surface area (Å²) in [5.74, 6) is -0.702. The van der Waals surface area contributed by atoms with Gasteiger partial charge in [0.1, 0.15) is 6.29 Å². The molecule has 1 N–H and O–H groups in total. The standard InChI is InChI=1S/C8H13N3O3/c1-6(13)9-8(10-7(2)14)11(3)4-5-12/h5H,4H2,1-3H3,(H,9,10,13,14). The second-order valence-electron chi connectivity index (χ2n) is 2.68. The lowest BCUT2D eigenvalue weighted by Crippen LogP contribution is -2.42. The van der Waals surface area contributed by atoms with Crippen LogP contribution in [0.2, 0.25) is 0 Å². The number of guanidine groups is 1. The molecule has 0 aliphatic carbocycles. The number of carbonyl (C=O) groups excluding carboxylic acids is 3. The van der Waals surface area contributed by atoms with Gasteiger partial charge >= 0.3 is 0 Å². The van der Waals surface area contributed by atoms with Gasteiger partial charge in [0.25, 0.3) is 0 Å². The monoisotopic (exact) mass is 199 g/mol. The molecule has 6 nitrogen and oxygen atoms in total. The van der Waals surface area contributed by atoms with Crippen molar-refractivity contribution in [3.8, 4) is 0 Å². The molecule has 0 aromatic carbocycles. The predicted molar refractivity (Wildman–Crippen MR) is 50.6 cm³/mol. The number of likely N-dealkylation sites (N-methyl/N-ethyl adjacent to an activating group) is 1. The molecule has 14 heavy (non-hydrogen) atoms. The van der Waals surface area contributed by atoms with Crippen LogP contribution in [-0.4, -0.2) is 42.6 Å². The molecule has 0 bridgehead atoms. The minimum atomic E-state index is -0.438. The summed E-state index contributed by atoms with van der Waals surface area (Å²) in [6.07, 6.45) is 0.650. The van der Waals surface area contributed by atoms with Crippen LogP contribution in [0, 0.1) is 0 Å². The van der Waals surface area contributed by atoms with E-state index < -0.39 is 5.91 Å². The molecule has 0 aliphatic rings. The highest BCUT2D eigenvalue weighted by Crippen LogP contribution is 1.85. The normalized spacial score (nSPS) is 10.6. The summed E-state index contributed by atoms with van der Waals surface area (Å²) >= 11 is 0. The number of rotatable bonds is 2. The topological polar surface area (TPSA) is 78.8 Å². The van der Waals surface area contributed by atoms with Gasteiger partial charge in [-0.1, -0.05) is 0 Å². The molecule has 0 spiro atoms. The molecule has 0 unspecified atom stereocenters. The van der Waals surface area contributed by atoms with Crippen molar-refractivity contribution in [1.29, 1.82) is 0 Å². The molecule has 0 rings (SSSR count). The summed E-state index contributed by atoms with van der Waals surface area (Å²) in [4.78, 5) is 36.5. The lowest BCUT2D eigenvalue weighted by Gasteiger charge is -2.17. The van der Waals surface area contributed by atoms with Gasteiger partial charge in [0.15, 0.2) is 0 Å². The summed E-state index contributed by atoms with van der Waals surface area (Å²) in [7, 11) is 1.55. The Labute approximate surface area is 82.0 Å². The van der Waals surface area contributed by atoms with Crippen molar-refractivity contribution in [3.63, 3.8) is 0 Å². The summed E-state index contributed by atoms with van der Waals surface area (Å²) in [6.45, 7) is 2.62. The molecule has 0 fully saturated rings. The Balaban J connectivity index is 4.61. The van der Waals surface area contributed by atoms with Crippen LogP contribution < -0.4 is 5.32 Å². The third kappa shape index (κ3) is 5.02. The van der Waals surface area contributed by atoms with Gasteiger partial charge in [-0.05, 0) is 0 Å². The van der Waals surface area contributed by atoms with E-state index in [1.54, 1.807) is 7.05 Å². The van der Waals surface area contributed by atoms with Crippen molar-refractivity contribution in [2.45, 2.75) is 13.8 Å². The molecule has 0 aromatic heterocycles. The molecule has 0 atom stereocenters. The zero-order valence-corrected chi connectivity index (χ0v) is 8.40. The van der Waals surface area contributed by atoms with E-state index in [9.17, 15) is 14.4 Å². The fraction of sp³-hybridized carbons (Fsp3) is 0.500. The minimum Gasteiger partial charge on any atom is -0.338 e. The van der Waals surface area contributed by atoms with Crippen LogP contribution in [0.15, 0.2) is 4.99 Å². The highest BCUT2D eigenvalue weighted by molar-refractivity contribution is 6.01. The third-order valence-corrected chi connectivity index (χ3v) is 1.26. The maximum Gasteiger partial charge on any atom is 0.245 e. The Kier molecular flexibility index (Phi) is 5.13. The number of hydrogen-bond acceptors (Lipinski definition) is 3. The second-order valence-corrected chi connectivity index (χ2v) is 2.68. The lowest BCUT2D eigenvalue weighted by molar-refractivity contribution is -0.118. The van der Waals surface area contributed by atoms with E-state index in [1.807, 2.05) is 0 Å². The van der Waals surface area contributed by atoms with Crippen molar-refractivity contribution in [3.05, 3.63) is 0 Å². The predicted octanol–water partition coefficient (Wildman–Crippen LogP) is -0.844. The van der Waals surface area contributed by atoms with Gasteiger partial charge in [-0.15, -0.1) is 0 Å². The van der Waals surface area contributed by atoms with E-state index in [0.717, 1.165) is 0 Å². The first-order chi connectivity index (χ1) is 6.47. The van der Waals surface area contributed by atoms with Gasteiger partial charge in [-0.2, -0.15) is 4.99 Å². The number of nitrogens with zero attached hydrogens (tertiary/aromatic N) is 2. The van der Waals surface area contributed by atoms with E-state index in [1.165, 1.54) is 18.7 Å². The van der Waals surface area contributed by atoms with Crippen LogP contribution >= 0.6 is 0 Å². The van der Waals surface area contributed by atoms with Crippen molar-refractivity contribution in [2.75, 3.05) is 13.6 Å². The van der Waals surface area contributed by atoms with Crippen LogP contribution in [0.1, 0.15) is 13.8 Å². The Morgan fingerprint density at radius 1 is 1.43 bits per heavy atom. The molecule has 0 saturated carbocycles. The Hall–Kier alpha value is -1.72. The van der Waals surface area contributed by atoms with Gasteiger partial charge < -0.3 is 9.69 Å². The van der Waals surface area contributed by atoms with E-state index in [2.05, 4.69) is 10.3 Å². The molecular formula is C8H13N3O3. The summed E-state index contributed by atoms with van der Waals surface area (Å²) in [5, 5.41) is 2.35. The first kappa shape index (κ1) is 12.3. The number of carbonyl (C=O) groups is 3. The molecule has 6 heteroatoms. The second kappa shape index (κ2) is 5.85. The average Bonchev–Trinajstić information content (AvgIpc) is 2.01. The molecule has 0 saturated heterocycles. The number of hydrogen-bond donors (Lipinski definition) is 1. The van der Waals surface area contributed by atoms with Gasteiger partial charge in [0.2, 0.25) is 17.8 Å². The van der Waals surface area contributed by atoms with Gasteiger partial charge in [-0.25, -0.2) is 0 Å². The molecule has 78 valence electrons. The van der Waals surface area contributed by atoms with Crippen LogP contribution in [-0.2, 0) is 14.4 Å². The average molecular weight is 199 g/mol. The molecular weight excluding hydrogens is 186 g/mol. The fourth-order valence-corrected chi connectivity index (χ4v) is 0.714. The largest absolute Gasteiger partial charge is 0.338 e. The van der Waals surface area contributed by atoms with Gasteiger partial charge in [0.05, 0.1) is 6.54 Å². The number of aldehydes is 1. The zero-order valence-electron chi connectivity index (χ0n) is 8.40. The summed E-state index contributed by atoms with van der Waals surface area (Å²) in [6, 6.07) is 0. The third-order valence-electron chi connectivity index (χ3n) is 1.26. The van der Waals surface area contributed by atoms with E-state index in [0.29, 0.717) is 6.29 Å². The van der Waals surface area contributed by atoms with Gasteiger partial charge in [0, 0.05) is 20.9 Å². The van der Waals surface area contributed by atoms with Crippen LogP contribution in [0.5, 0.6) is 0 Å². The Morgan fingerprint density at radius 3 is 2.36 bits per heavy atom. The van der Waals surface area contributed by atoms with Crippen LogP contribution in [0.3, 0.4) is 0 Å². The van der Waals surface area contributed by atoms with Crippen molar-refractivity contribution >= 4 is 24.1 Å². The molecule has 0 heterocycles. The van der Waals surface area contributed by atoms with Gasteiger partial charge in [-0.3, -0.25) is 14.9 Å². The number of amides is 2. The lowest BCUT2D eigenvalue weighted by atomic mass is 10.6. The quantitative estimate of drug-likeness (QED) is 0.357. The Morgan fingerprint density at radius 2 is 2.00 bits per heavy atom. The van der Waals surface area contributed by atoms with Crippen molar-refractivity contribution in [1.82, 2.24) is 10.2 Å². The molecule has 0 aliphatic heterocycles. The number of aliphatic imine (C=N–C) groups is 1. The summed E-state index contributed by atoms with van der Waals surface area (Å²) in [5.41, 5.74) is 0. The van der Waals surface area contributed by atoms with E-state index >= 15 is 0 Å². The smallest absolute Gasteiger partial charge is 0.245 e. The maximum atomic E-state index is 10.7. The molecule has 0 radical (unpaired) electrons. The minimum absolute atomic E-state index is 0.0619. The first-order valence-electron chi connectivity index (χ1n) is 3.99. The van der Waals surface area contributed by atoms with Crippen LogP contribution in [0.4, 0.5) is 0 Å². The van der Waals surface area contributed by atoms with E-state index in [4.69, 9.17) is 0 Å².